The Kier molecular flexibility index (Phi) is 7.31. The normalized spacial score (nSPS) is 11.3. The number of hydrogen-bond acceptors (Lipinski definition) is 8. The fraction of sp³-hybridized carbons (Fsp3) is 0.286. The van der Waals surface area contributed by atoms with Crippen LogP contribution in [-0.2, 0) is 10.0 Å². The molecule has 0 aliphatic carbocycles. The smallest absolute Gasteiger partial charge is 0.293 e. The summed E-state index contributed by atoms with van der Waals surface area (Å²) in [5, 5.41) is 10.3. The number of aromatic nitrogens is 2. The van der Waals surface area contributed by atoms with E-state index in [0.29, 0.717) is 22.7 Å². The number of anilines is 2. The summed E-state index contributed by atoms with van der Waals surface area (Å²) in [5.41, 5.74) is 0.834. The second-order valence-corrected chi connectivity index (χ2v) is 10.2. The molecule has 0 aliphatic heterocycles. The molecule has 11 heteroatoms. The van der Waals surface area contributed by atoms with Crippen molar-refractivity contribution in [2.75, 3.05) is 30.4 Å². The number of nitrogens with one attached hydrogen (secondary N) is 1. The van der Waals surface area contributed by atoms with Gasteiger partial charge in [0, 0.05) is 12.1 Å². The number of amides is 1. The van der Waals surface area contributed by atoms with Crippen molar-refractivity contribution in [3.05, 3.63) is 54.1 Å². The van der Waals surface area contributed by atoms with E-state index in [1.165, 1.54) is 24.6 Å². The lowest BCUT2D eigenvalue weighted by Crippen LogP contribution is -2.34. The van der Waals surface area contributed by atoms with Crippen LogP contribution >= 0.6 is 11.3 Å². The highest BCUT2D eigenvalue weighted by Gasteiger charge is 2.30. The van der Waals surface area contributed by atoms with Crippen molar-refractivity contribution in [1.82, 2.24) is 10.2 Å². The molecule has 0 spiro atoms. The molecule has 3 rings (SSSR count). The van der Waals surface area contributed by atoms with Gasteiger partial charge in [0.15, 0.2) is 11.5 Å². The van der Waals surface area contributed by atoms with Crippen molar-refractivity contribution in [1.29, 1.82) is 0 Å². The molecule has 9 nitrogen and oxygen atoms in total. The van der Waals surface area contributed by atoms with E-state index < -0.39 is 15.9 Å². The summed E-state index contributed by atoms with van der Waals surface area (Å²) in [6, 6.07) is 13.5. The lowest BCUT2D eigenvalue weighted by Gasteiger charge is -2.24. The highest BCUT2D eigenvalue weighted by molar-refractivity contribution is 7.94. The molecule has 0 atom stereocenters. The molecule has 1 N–H and O–H groups in total. The Hall–Kier alpha value is -3.18. The van der Waals surface area contributed by atoms with Gasteiger partial charge < -0.3 is 9.47 Å². The summed E-state index contributed by atoms with van der Waals surface area (Å²) in [6.45, 7) is 4.14. The largest absolute Gasteiger partial charge is 0.493 e. The highest BCUT2D eigenvalue weighted by atomic mass is 32.2. The van der Waals surface area contributed by atoms with Gasteiger partial charge in [-0.1, -0.05) is 43.4 Å². The molecule has 1 amide bonds. The summed E-state index contributed by atoms with van der Waals surface area (Å²) < 4.78 is 38.0. The third kappa shape index (κ3) is 5.17. The third-order valence-electron chi connectivity index (χ3n) is 4.36. The number of carbonyl (C=O) groups is 1. The van der Waals surface area contributed by atoms with E-state index in [1.54, 1.807) is 36.4 Å². The van der Waals surface area contributed by atoms with Gasteiger partial charge in [0.1, 0.15) is 0 Å². The molecule has 1 heterocycles. The molecule has 0 aliphatic rings. The van der Waals surface area contributed by atoms with Crippen LogP contribution < -0.4 is 19.1 Å². The summed E-state index contributed by atoms with van der Waals surface area (Å²) in [4.78, 5) is 12.6. The number of carbonyl (C=O) groups excluding carboxylic acids is 1. The number of sulfonamides is 1. The Morgan fingerprint density at radius 3 is 2.38 bits per heavy atom. The predicted octanol–water partition coefficient (Wildman–Crippen LogP) is 3.66. The Bertz CT molecular complexity index is 1180. The van der Waals surface area contributed by atoms with Crippen molar-refractivity contribution in [3.8, 4) is 11.5 Å². The second kappa shape index (κ2) is 9.96. The number of para-hydroxylation sites is 1. The fourth-order valence-corrected chi connectivity index (χ4v) is 5.50. The van der Waals surface area contributed by atoms with Crippen molar-refractivity contribution < 1.29 is 22.7 Å². The van der Waals surface area contributed by atoms with Crippen LogP contribution in [0.25, 0.3) is 0 Å². The van der Waals surface area contributed by atoms with E-state index in [2.05, 4.69) is 15.5 Å². The number of hydrogen-bond donors (Lipinski definition) is 1. The van der Waals surface area contributed by atoms with Crippen LogP contribution in [0.3, 0.4) is 0 Å². The van der Waals surface area contributed by atoms with Crippen LogP contribution in [-0.4, -0.2) is 45.3 Å². The Morgan fingerprint density at radius 1 is 1.06 bits per heavy atom. The maximum atomic E-state index is 13.3. The average Bonchev–Trinajstić information content (AvgIpc) is 3.26. The minimum absolute atomic E-state index is 0.0703. The second-order valence-electron chi connectivity index (χ2n) is 7.16. The van der Waals surface area contributed by atoms with Crippen LogP contribution in [0.4, 0.5) is 10.8 Å². The molecule has 0 fully saturated rings. The van der Waals surface area contributed by atoms with Crippen LogP contribution in [0.5, 0.6) is 11.5 Å². The number of rotatable bonds is 9. The van der Waals surface area contributed by atoms with Crippen LogP contribution in [0.2, 0.25) is 0 Å². The molecule has 3 aromatic rings. The maximum absolute atomic E-state index is 13.3. The number of nitrogens with zero attached hydrogens (tertiary/aromatic N) is 3. The van der Waals surface area contributed by atoms with Crippen molar-refractivity contribution >= 4 is 38.1 Å². The van der Waals surface area contributed by atoms with E-state index in [0.717, 1.165) is 11.3 Å². The quantitative estimate of drug-likeness (QED) is 0.469. The van der Waals surface area contributed by atoms with Gasteiger partial charge in [-0.15, -0.1) is 10.2 Å². The van der Waals surface area contributed by atoms with Crippen LogP contribution in [0, 0.1) is 5.92 Å². The lowest BCUT2D eigenvalue weighted by atomic mass is 10.2. The van der Waals surface area contributed by atoms with Gasteiger partial charge >= 0.3 is 0 Å². The molecule has 0 saturated carbocycles. The first-order valence-electron chi connectivity index (χ1n) is 9.71. The predicted molar refractivity (Wildman–Crippen MR) is 123 cm³/mol. The SMILES string of the molecule is COc1ccc(C(=O)Nc2nnc(S(=O)(=O)N(CC(C)C)c3ccccc3)s2)cc1OC. The molecule has 32 heavy (non-hydrogen) atoms. The van der Waals surface area contributed by atoms with Crippen molar-refractivity contribution in [2.24, 2.45) is 5.92 Å². The first-order valence-corrected chi connectivity index (χ1v) is 12.0. The maximum Gasteiger partial charge on any atom is 0.293 e. The van der Waals surface area contributed by atoms with Gasteiger partial charge in [0.25, 0.3) is 20.3 Å². The van der Waals surface area contributed by atoms with Gasteiger partial charge in [-0.3, -0.25) is 14.4 Å². The Morgan fingerprint density at radius 2 is 1.75 bits per heavy atom. The lowest BCUT2D eigenvalue weighted by molar-refractivity contribution is 0.102. The van der Waals surface area contributed by atoms with Crippen LogP contribution in [0.1, 0.15) is 24.2 Å². The van der Waals surface area contributed by atoms with Gasteiger partial charge in [0.05, 0.1) is 19.9 Å². The molecule has 0 unspecified atom stereocenters. The van der Waals surface area contributed by atoms with E-state index in [9.17, 15) is 13.2 Å². The molecule has 0 bridgehead atoms. The summed E-state index contributed by atoms with van der Waals surface area (Å²) >= 11 is 0.791. The average molecular weight is 477 g/mol. The number of benzene rings is 2. The molecular formula is C21H24N4O5S2. The van der Waals surface area contributed by atoms with Crippen LogP contribution in [0.15, 0.2) is 52.9 Å². The van der Waals surface area contributed by atoms with Crippen molar-refractivity contribution in [3.63, 3.8) is 0 Å². The van der Waals surface area contributed by atoms with Gasteiger partial charge in [0.2, 0.25) is 5.13 Å². The zero-order valence-corrected chi connectivity index (χ0v) is 19.7. The first kappa shape index (κ1) is 23.5. The standard InChI is InChI=1S/C21H24N4O5S2/c1-14(2)13-25(16-8-6-5-7-9-16)32(27,28)21-24-23-20(31-21)22-19(26)15-10-11-17(29-3)18(12-15)30-4/h5-12,14H,13H2,1-4H3,(H,22,23,26). The van der Waals surface area contributed by atoms with E-state index in [4.69, 9.17) is 9.47 Å². The zero-order valence-electron chi connectivity index (χ0n) is 18.1. The molecule has 2 aromatic carbocycles. The monoisotopic (exact) mass is 476 g/mol. The van der Waals surface area contributed by atoms with Gasteiger partial charge in [-0.2, -0.15) is 8.42 Å². The van der Waals surface area contributed by atoms with Crippen molar-refractivity contribution in [2.45, 2.75) is 18.2 Å². The minimum atomic E-state index is -3.96. The number of methoxy groups -OCH3 is 2. The first-order chi connectivity index (χ1) is 15.3. The Balaban J connectivity index is 1.84. The van der Waals surface area contributed by atoms with Gasteiger partial charge in [-0.05, 0) is 36.2 Å². The van der Waals surface area contributed by atoms with E-state index in [1.807, 2.05) is 19.9 Å². The minimum Gasteiger partial charge on any atom is -0.493 e. The van der Waals surface area contributed by atoms with E-state index in [-0.39, 0.29) is 21.9 Å². The highest BCUT2D eigenvalue weighted by Crippen LogP contribution is 2.30. The fourth-order valence-electron chi connectivity index (χ4n) is 2.87. The van der Waals surface area contributed by atoms with Gasteiger partial charge in [-0.25, -0.2) is 0 Å². The molecule has 0 radical (unpaired) electrons. The Labute approximate surface area is 191 Å². The summed E-state index contributed by atoms with van der Waals surface area (Å²) in [6.07, 6.45) is 0. The molecule has 0 saturated heterocycles. The zero-order chi connectivity index (χ0) is 23.3. The summed E-state index contributed by atoms with van der Waals surface area (Å²) in [5.74, 6) is 0.489. The number of ether oxygens (including phenoxy) is 2. The third-order valence-corrected chi connectivity index (χ3v) is 7.34. The topological polar surface area (TPSA) is 111 Å². The van der Waals surface area contributed by atoms with E-state index >= 15 is 0 Å². The molecular weight excluding hydrogens is 452 g/mol. The summed E-state index contributed by atoms with van der Waals surface area (Å²) in [7, 11) is -0.990. The molecule has 170 valence electrons. The molecule has 1 aromatic heterocycles.